The molecule has 2 aromatic carbocycles. The number of carbonyl (C=O) groups is 2. The summed E-state index contributed by atoms with van der Waals surface area (Å²) in [7, 11) is 0. The van der Waals surface area contributed by atoms with E-state index in [0.717, 1.165) is 36.0 Å². The monoisotopic (exact) mass is 602 g/mol. The molecule has 0 spiro atoms. The van der Waals surface area contributed by atoms with Crippen LogP contribution in [0, 0.1) is 5.92 Å². The minimum absolute atomic E-state index is 0.0365. The molecule has 4 unspecified atom stereocenters. The van der Waals surface area contributed by atoms with E-state index in [1.807, 2.05) is 48.5 Å². The number of anilines is 1. The Bertz CT molecular complexity index is 1320. The lowest BCUT2D eigenvalue weighted by Crippen LogP contribution is -2.39. The van der Waals surface area contributed by atoms with Crippen LogP contribution in [0.25, 0.3) is 0 Å². The second-order valence-electron chi connectivity index (χ2n) is 10.3. The fraction of sp³-hybridized carbons (Fsp3) is 0.433. The number of nitrogens with zero attached hydrogens (tertiary/aromatic N) is 2. The highest BCUT2D eigenvalue weighted by Crippen LogP contribution is 2.42. The van der Waals surface area contributed by atoms with Crippen LogP contribution < -0.4 is 10.6 Å². The predicted octanol–water partition coefficient (Wildman–Crippen LogP) is 5.81. The van der Waals surface area contributed by atoms with Gasteiger partial charge in [0.1, 0.15) is 5.15 Å². The van der Waals surface area contributed by atoms with Crippen LogP contribution >= 0.6 is 23.2 Å². The highest BCUT2D eigenvalue weighted by Gasteiger charge is 2.39. The van der Waals surface area contributed by atoms with Gasteiger partial charge in [-0.2, -0.15) is 0 Å². The molecule has 2 heterocycles. The number of unbranched alkanes of at least 4 members (excludes halogenated alkanes) is 2. The van der Waals surface area contributed by atoms with Crippen molar-refractivity contribution < 1.29 is 24.2 Å². The molecule has 0 radical (unpaired) electrons. The highest BCUT2D eigenvalue weighted by molar-refractivity contribution is 6.40. The van der Waals surface area contributed by atoms with Gasteiger partial charge in [-0.05, 0) is 36.1 Å². The smallest absolute Gasteiger partial charge is 0.224 e. The van der Waals surface area contributed by atoms with Gasteiger partial charge < -0.3 is 29.8 Å². The molecule has 41 heavy (non-hydrogen) atoms. The van der Waals surface area contributed by atoms with Crippen molar-refractivity contribution in [3.05, 3.63) is 81.9 Å². The first-order valence-corrected chi connectivity index (χ1v) is 14.5. The Labute approximate surface area is 250 Å². The first kappa shape index (κ1) is 31.0. The van der Waals surface area contributed by atoms with Crippen LogP contribution in [0.3, 0.4) is 0 Å². The molecule has 1 saturated heterocycles. The SMILES string of the molecule is CC(=O)NCCCCCC(=O)Nc1cccc(C2OC(Cn3cnc(Cl)c3Cl)C(C)C(c3ccc(CO)cc3)O2)c1. The number of rotatable bonds is 12. The summed E-state index contributed by atoms with van der Waals surface area (Å²) in [6.07, 6.45) is 3.09. The van der Waals surface area contributed by atoms with Crippen molar-refractivity contribution in [1.82, 2.24) is 14.9 Å². The number of aliphatic hydroxyl groups is 1. The molecule has 1 aliphatic heterocycles. The van der Waals surface area contributed by atoms with E-state index >= 15 is 0 Å². The van der Waals surface area contributed by atoms with Crippen molar-refractivity contribution >= 4 is 40.7 Å². The van der Waals surface area contributed by atoms with Crippen molar-refractivity contribution in [3.63, 3.8) is 0 Å². The third-order valence-electron chi connectivity index (χ3n) is 7.13. The summed E-state index contributed by atoms with van der Waals surface area (Å²) >= 11 is 12.4. The summed E-state index contributed by atoms with van der Waals surface area (Å²) in [4.78, 5) is 27.6. The number of hydrogen-bond donors (Lipinski definition) is 3. The Balaban J connectivity index is 1.47. The molecule has 2 amide bonds. The van der Waals surface area contributed by atoms with Gasteiger partial charge in [-0.15, -0.1) is 0 Å². The van der Waals surface area contributed by atoms with E-state index < -0.39 is 6.29 Å². The fourth-order valence-electron chi connectivity index (χ4n) is 4.83. The van der Waals surface area contributed by atoms with Crippen LogP contribution in [0.2, 0.25) is 10.3 Å². The zero-order chi connectivity index (χ0) is 29.4. The van der Waals surface area contributed by atoms with Gasteiger partial charge in [0, 0.05) is 37.1 Å². The topological polar surface area (TPSA) is 115 Å². The van der Waals surface area contributed by atoms with Crippen LogP contribution in [0.5, 0.6) is 0 Å². The Morgan fingerprint density at radius 2 is 1.83 bits per heavy atom. The number of carbonyl (C=O) groups excluding carboxylic acids is 2. The molecular formula is C30H36Cl2N4O5. The molecule has 220 valence electrons. The molecule has 0 bridgehead atoms. The standard InChI is InChI=1S/C30H36Cl2N4O5/c1-19-25(16-36-18-34-28(31)29(36)32)40-30(41-27(19)22-12-10-21(17-37)11-13-22)23-7-6-8-24(15-23)35-26(39)9-4-3-5-14-33-20(2)38/h6-8,10-13,15,18-19,25,27,30,37H,3-5,9,14,16-17H2,1-2H3,(H,33,38)(H,35,39). The molecule has 3 aromatic rings. The Morgan fingerprint density at radius 1 is 1.05 bits per heavy atom. The average molecular weight is 604 g/mol. The van der Waals surface area contributed by atoms with E-state index in [1.165, 1.54) is 6.92 Å². The number of nitrogens with one attached hydrogen (secondary N) is 2. The second-order valence-corrected chi connectivity index (χ2v) is 11.0. The van der Waals surface area contributed by atoms with Crippen molar-refractivity contribution in [2.45, 2.75) is 71.2 Å². The molecule has 3 N–H and O–H groups in total. The summed E-state index contributed by atoms with van der Waals surface area (Å²) in [6.45, 7) is 4.55. The number of halogens is 2. The fourth-order valence-corrected chi connectivity index (χ4v) is 5.14. The van der Waals surface area contributed by atoms with Gasteiger partial charge in [0.05, 0.1) is 31.7 Å². The zero-order valence-electron chi connectivity index (χ0n) is 23.2. The zero-order valence-corrected chi connectivity index (χ0v) is 24.7. The van der Waals surface area contributed by atoms with Gasteiger partial charge in [-0.3, -0.25) is 9.59 Å². The lowest BCUT2D eigenvalue weighted by molar-refractivity contribution is -0.276. The van der Waals surface area contributed by atoms with Crippen LogP contribution in [0.15, 0.2) is 54.9 Å². The van der Waals surface area contributed by atoms with Crippen LogP contribution in [-0.2, 0) is 32.2 Å². The lowest BCUT2D eigenvalue weighted by atomic mass is 9.90. The molecule has 1 fully saturated rings. The normalized spacial score (nSPS) is 20.5. The largest absolute Gasteiger partial charge is 0.392 e. The minimum Gasteiger partial charge on any atom is -0.392 e. The van der Waals surface area contributed by atoms with E-state index in [2.05, 4.69) is 22.5 Å². The van der Waals surface area contributed by atoms with Gasteiger partial charge >= 0.3 is 0 Å². The number of imidazole rings is 1. The van der Waals surface area contributed by atoms with Crippen molar-refractivity contribution in [2.24, 2.45) is 5.92 Å². The molecule has 1 aromatic heterocycles. The molecule has 0 aliphatic carbocycles. The number of aromatic nitrogens is 2. The molecule has 11 heteroatoms. The summed E-state index contributed by atoms with van der Waals surface area (Å²) < 4.78 is 14.7. The first-order valence-electron chi connectivity index (χ1n) is 13.8. The lowest BCUT2D eigenvalue weighted by Gasteiger charge is -2.41. The maximum Gasteiger partial charge on any atom is 0.224 e. The summed E-state index contributed by atoms with van der Waals surface area (Å²) in [5, 5.41) is 15.8. The van der Waals surface area contributed by atoms with E-state index in [0.29, 0.717) is 30.4 Å². The quantitative estimate of drug-likeness (QED) is 0.225. The van der Waals surface area contributed by atoms with Crippen LogP contribution in [0.1, 0.15) is 68.6 Å². The van der Waals surface area contributed by atoms with Crippen LogP contribution in [-0.4, -0.2) is 39.1 Å². The number of aliphatic hydroxyl groups excluding tert-OH is 1. The molecular weight excluding hydrogens is 567 g/mol. The van der Waals surface area contributed by atoms with E-state index in [1.54, 1.807) is 10.9 Å². The van der Waals surface area contributed by atoms with E-state index in [9.17, 15) is 14.7 Å². The van der Waals surface area contributed by atoms with Gasteiger partial charge in [0.2, 0.25) is 11.8 Å². The van der Waals surface area contributed by atoms with Crippen molar-refractivity contribution in [2.75, 3.05) is 11.9 Å². The van der Waals surface area contributed by atoms with Gasteiger partial charge in [-0.25, -0.2) is 4.98 Å². The minimum atomic E-state index is -0.706. The number of amides is 2. The Morgan fingerprint density at radius 3 is 2.51 bits per heavy atom. The highest BCUT2D eigenvalue weighted by atomic mass is 35.5. The third kappa shape index (κ3) is 8.53. The number of benzene rings is 2. The second kappa shape index (κ2) is 14.8. The average Bonchev–Trinajstić information content (AvgIpc) is 3.28. The third-order valence-corrected chi connectivity index (χ3v) is 7.90. The van der Waals surface area contributed by atoms with E-state index in [-0.39, 0.29) is 41.7 Å². The van der Waals surface area contributed by atoms with Crippen molar-refractivity contribution in [1.29, 1.82) is 0 Å². The van der Waals surface area contributed by atoms with E-state index in [4.69, 9.17) is 32.7 Å². The molecule has 1 aliphatic rings. The molecule has 9 nitrogen and oxygen atoms in total. The predicted molar refractivity (Wildman–Crippen MR) is 157 cm³/mol. The Kier molecular flexibility index (Phi) is 11.2. The molecule has 4 atom stereocenters. The van der Waals surface area contributed by atoms with Gasteiger partial charge in [0.15, 0.2) is 11.4 Å². The maximum atomic E-state index is 12.6. The Hall–Kier alpha value is -2.95. The number of hydrogen-bond acceptors (Lipinski definition) is 6. The van der Waals surface area contributed by atoms with Gasteiger partial charge in [-0.1, -0.05) is 72.9 Å². The van der Waals surface area contributed by atoms with Gasteiger partial charge in [0.25, 0.3) is 0 Å². The van der Waals surface area contributed by atoms with Crippen molar-refractivity contribution in [3.8, 4) is 0 Å². The summed E-state index contributed by atoms with van der Waals surface area (Å²) in [5.74, 6) is -0.181. The number of ether oxygens (including phenoxy) is 2. The molecule has 0 saturated carbocycles. The first-order chi connectivity index (χ1) is 19.7. The van der Waals surface area contributed by atoms with Crippen LogP contribution in [0.4, 0.5) is 5.69 Å². The maximum absolute atomic E-state index is 12.6. The summed E-state index contributed by atoms with van der Waals surface area (Å²) in [6, 6.07) is 15.1. The molecule has 4 rings (SSSR count). The summed E-state index contributed by atoms with van der Waals surface area (Å²) in [5.41, 5.74) is 3.20.